The quantitative estimate of drug-likeness (QED) is 0.752. The van der Waals surface area contributed by atoms with Crippen LogP contribution in [-0.2, 0) is 10.5 Å². The smallest absolute Gasteiger partial charge is 0.421 e. The normalized spacial score (nSPS) is 20.8. The lowest BCUT2D eigenvalue weighted by Crippen LogP contribution is -2.55. The number of nitrogens with one attached hydrogen (secondary N) is 1. The average molecular weight is 372 g/mol. The van der Waals surface area contributed by atoms with Crippen molar-refractivity contribution in [3.05, 3.63) is 64.1 Å². The highest BCUT2D eigenvalue weighted by atomic mass is 79.9. The lowest BCUT2D eigenvalue weighted by molar-refractivity contribution is -0.255. The number of carbonyl (C=O) groups excluding carboxylic acids is 1. The van der Waals surface area contributed by atoms with Gasteiger partial charge in [-0.15, -0.1) is 0 Å². The second kappa shape index (κ2) is 5.01. The summed E-state index contributed by atoms with van der Waals surface area (Å²) < 4.78 is 46.3. The van der Waals surface area contributed by atoms with Crippen LogP contribution in [0.1, 0.15) is 15.9 Å². The van der Waals surface area contributed by atoms with Gasteiger partial charge in [-0.25, -0.2) is 4.79 Å². The molecule has 3 rings (SSSR count). The second-order valence-electron chi connectivity index (χ2n) is 4.72. The maximum absolute atomic E-state index is 13.8. The van der Waals surface area contributed by atoms with Crippen LogP contribution in [0.25, 0.3) is 0 Å². The molecule has 22 heavy (non-hydrogen) atoms. The molecular formula is C15H9BrF3NO2. The van der Waals surface area contributed by atoms with Crippen LogP contribution in [0.4, 0.5) is 18.9 Å². The molecule has 0 bridgehead atoms. The van der Waals surface area contributed by atoms with Crippen molar-refractivity contribution in [3.8, 4) is 0 Å². The molecule has 1 aliphatic heterocycles. The Morgan fingerprint density at radius 2 is 1.68 bits per heavy atom. The largest absolute Gasteiger partial charge is 0.453 e. The molecule has 7 heteroatoms. The molecule has 0 aromatic heterocycles. The lowest BCUT2D eigenvalue weighted by atomic mass is 9.98. The third-order valence-corrected chi connectivity index (χ3v) is 4.05. The van der Waals surface area contributed by atoms with E-state index in [1.165, 1.54) is 30.3 Å². The minimum Gasteiger partial charge on any atom is -0.421 e. The van der Waals surface area contributed by atoms with Gasteiger partial charge in [-0.3, -0.25) is 0 Å². The molecule has 2 aromatic carbocycles. The van der Waals surface area contributed by atoms with Crippen molar-refractivity contribution < 1.29 is 22.7 Å². The van der Waals surface area contributed by atoms with Crippen LogP contribution in [0.5, 0.6) is 0 Å². The number of halogens is 4. The van der Waals surface area contributed by atoms with E-state index in [2.05, 4.69) is 21.2 Å². The van der Waals surface area contributed by atoms with Gasteiger partial charge >= 0.3 is 17.9 Å². The summed E-state index contributed by atoms with van der Waals surface area (Å²) in [6.45, 7) is 0. The van der Waals surface area contributed by atoms with Gasteiger partial charge in [0.15, 0.2) is 0 Å². The zero-order valence-corrected chi connectivity index (χ0v) is 12.5. The molecule has 0 amide bonds. The van der Waals surface area contributed by atoms with Crippen molar-refractivity contribution in [2.24, 2.45) is 0 Å². The molecule has 114 valence electrons. The summed E-state index contributed by atoms with van der Waals surface area (Å²) in [5.74, 6) is -1.03. The maximum atomic E-state index is 13.8. The number of para-hydroxylation sites is 1. The number of anilines is 1. The molecule has 0 aliphatic carbocycles. The highest BCUT2D eigenvalue weighted by molar-refractivity contribution is 9.10. The number of esters is 1. The Balaban J connectivity index is 2.23. The Kier molecular flexibility index (Phi) is 3.40. The van der Waals surface area contributed by atoms with Crippen LogP contribution < -0.4 is 5.32 Å². The summed E-state index contributed by atoms with van der Waals surface area (Å²) >= 11 is 3.09. The third kappa shape index (κ3) is 2.16. The number of rotatable bonds is 1. The zero-order chi connectivity index (χ0) is 16.0. The highest BCUT2D eigenvalue weighted by Gasteiger charge is 2.62. The van der Waals surface area contributed by atoms with Gasteiger partial charge in [0, 0.05) is 10.0 Å². The molecule has 0 saturated carbocycles. The van der Waals surface area contributed by atoms with E-state index in [-0.39, 0.29) is 21.3 Å². The van der Waals surface area contributed by atoms with Gasteiger partial charge in [0.05, 0.1) is 11.3 Å². The zero-order valence-electron chi connectivity index (χ0n) is 10.9. The lowest BCUT2D eigenvalue weighted by Gasteiger charge is -2.40. The monoisotopic (exact) mass is 371 g/mol. The Morgan fingerprint density at radius 3 is 2.36 bits per heavy atom. The summed E-state index contributed by atoms with van der Waals surface area (Å²) in [5.41, 5.74) is -3.01. The summed E-state index contributed by atoms with van der Waals surface area (Å²) in [6.07, 6.45) is -4.85. The van der Waals surface area contributed by atoms with E-state index in [4.69, 9.17) is 4.74 Å². The van der Waals surface area contributed by atoms with Gasteiger partial charge in [-0.05, 0) is 18.2 Å². The number of alkyl halides is 3. The first kappa shape index (κ1) is 14.9. The van der Waals surface area contributed by atoms with Crippen LogP contribution >= 0.6 is 15.9 Å². The Morgan fingerprint density at radius 1 is 1.05 bits per heavy atom. The minimum atomic E-state index is -4.85. The molecule has 1 aliphatic rings. The SMILES string of the molecule is O=C1O[C@@](c2ccccc2Br)(C(F)(F)F)Nc2ccccc21. The van der Waals surface area contributed by atoms with Crippen LogP contribution in [0, 0.1) is 0 Å². The number of benzene rings is 2. The van der Waals surface area contributed by atoms with E-state index in [1.54, 1.807) is 18.2 Å². The molecule has 2 aromatic rings. The van der Waals surface area contributed by atoms with Crippen LogP contribution in [-0.4, -0.2) is 12.1 Å². The van der Waals surface area contributed by atoms with Crippen molar-refractivity contribution in [1.29, 1.82) is 0 Å². The Hall–Kier alpha value is -2.02. The average Bonchev–Trinajstić information content (AvgIpc) is 2.46. The molecular weight excluding hydrogens is 363 g/mol. The summed E-state index contributed by atoms with van der Waals surface area (Å²) in [7, 11) is 0. The number of fused-ring (bicyclic) bond motifs is 1. The predicted octanol–water partition coefficient (Wildman–Crippen LogP) is 4.45. The number of hydrogen-bond donors (Lipinski definition) is 1. The van der Waals surface area contributed by atoms with Gasteiger partial charge in [0.25, 0.3) is 0 Å². The van der Waals surface area contributed by atoms with Gasteiger partial charge in [0.1, 0.15) is 0 Å². The molecule has 1 atom stereocenters. The highest BCUT2D eigenvalue weighted by Crippen LogP contribution is 2.48. The fourth-order valence-electron chi connectivity index (χ4n) is 2.33. The van der Waals surface area contributed by atoms with E-state index in [0.717, 1.165) is 0 Å². The molecule has 0 radical (unpaired) electrons. The van der Waals surface area contributed by atoms with Crippen molar-refractivity contribution in [2.45, 2.75) is 11.9 Å². The van der Waals surface area contributed by atoms with E-state index in [0.29, 0.717) is 0 Å². The predicted molar refractivity (Wildman–Crippen MR) is 77.4 cm³/mol. The van der Waals surface area contributed by atoms with E-state index >= 15 is 0 Å². The topological polar surface area (TPSA) is 38.3 Å². The number of cyclic esters (lactones) is 1. The number of hydrogen-bond acceptors (Lipinski definition) is 3. The van der Waals surface area contributed by atoms with E-state index < -0.39 is 17.9 Å². The fraction of sp³-hybridized carbons (Fsp3) is 0.133. The maximum Gasteiger partial charge on any atom is 0.453 e. The van der Waals surface area contributed by atoms with Crippen molar-refractivity contribution in [1.82, 2.24) is 0 Å². The van der Waals surface area contributed by atoms with Crippen molar-refractivity contribution >= 4 is 27.6 Å². The Bertz CT molecular complexity index is 748. The van der Waals surface area contributed by atoms with E-state index in [9.17, 15) is 18.0 Å². The van der Waals surface area contributed by atoms with E-state index in [1.807, 2.05) is 0 Å². The number of ether oxygens (including phenoxy) is 1. The molecule has 3 nitrogen and oxygen atoms in total. The van der Waals surface area contributed by atoms with Gasteiger partial charge in [0.2, 0.25) is 0 Å². The van der Waals surface area contributed by atoms with Crippen molar-refractivity contribution in [3.63, 3.8) is 0 Å². The van der Waals surface area contributed by atoms with Crippen LogP contribution in [0.15, 0.2) is 53.0 Å². The molecule has 1 heterocycles. The van der Waals surface area contributed by atoms with Crippen LogP contribution in [0.2, 0.25) is 0 Å². The fourth-order valence-corrected chi connectivity index (χ4v) is 2.89. The molecule has 0 unspecified atom stereocenters. The summed E-state index contributed by atoms with van der Waals surface area (Å²) in [6, 6.07) is 11.7. The third-order valence-electron chi connectivity index (χ3n) is 3.36. The van der Waals surface area contributed by atoms with Gasteiger partial charge in [-0.2, -0.15) is 13.2 Å². The molecule has 1 N–H and O–H groups in total. The number of carbonyl (C=O) groups is 1. The Labute approximate surface area is 132 Å². The summed E-state index contributed by atoms with van der Waals surface area (Å²) in [4.78, 5) is 12.1. The molecule has 0 spiro atoms. The van der Waals surface area contributed by atoms with Crippen molar-refractivity contribution in [2.75, 3.05) is 5.32 Å². The summed E-state index contributed by atoms with van der Waals surface area (Å²) in [5, 5.41) is 2.34. The first-order valence-corrected chi connectivity index (χ1v) is 7.07. The second-order valence-corrected chi connectivity index (χ2v) is 5.57. The van der Waals surface area contributed by atoms with Crippen LogP contribution in [0.3, 0.4) is 0 Å². The molecule has 0 fully saturated rings. The first-order chi connectivity index (χ1) is 10.3. The first-order valence-electron chi connectivity index (χ1n) is 6.27. The van der Waals surface area contributed by atoms with Gasteiger partial charge in [-0.1, -0.05) is 46.3 Å². The molecule has 0 saturated heterocycles. The van der Waals surface area contributed by atoms with Gasteiger partial charge < -0.3 is 10.1 Å². The standard InChI is InChI=1S/C15H9BrF3NO2/c16-11-7-3-2-6-10(11)14(15(17,18)19)20-12-8-4-1-5-9(12)13(21)22-14/h1-8,20H/t14-/m0/s1. The minimum absolute atomic E-state index is 0.0643.